The van der Waals surface area contributed by atoms with Gasteiger partial charge in [-0.05, 0) is 36.7 Å². The van der Waals surface area contributed by atoms with Crippen LogP contribution in [0.15, 0.2) is 71.8 Å². The molecule has 0 spiro atoms. The monoisotopic (exact) mass is 591 g/mol. The van der Waals surface area contributed by atoms with Gasteiger partial charge in [0.25, 0.3) is 0 Å². The Morgan fingerprint density at radius 3 is 2.43 bits per heavy atom. The fourth-order valence-corrected chi connectivity index (χ4v) is 5.50. The summed E-state index contributed by atoms with van der Waals surface area (Å²) in [6, 6.07) is 14.8. The number of imidazole rings is 1. The molecular formula is C30H30FN5O5S. The molecule has 0 N–H and O–H groups in total. The highest BCUT2D eigenvalue weighted by Gasteiger charge is 2.27. The lowest BCUT2D eigenvalue weighted by atomic mass is 10.1. The second kappa shape index (κ2) is 13.1. The minimum atomic E-state index is -0.809. The Kier molecular flexibility index (Phi) is 9.13. The summed E-state index contributed by atoms with van der Waals surface area (Å²) in [5.74, 6) is -0.664. The van der Waals surface area contributed by atoms with Gasteiger partial charge in [0.1, 0.15) is 25.3 Å². The van der Waals surface area contributed by atoms with E-state index in [1.54, 1.807) is 23.2 Å². The summed E-state index contributed by atoms with van der Waals surface area (Å²) >= 11 is 0.715. The van der Waals surface area contributed by atoms with Crippen LogP contribution in [0.5, 0.6) is 5.75 Å². The molecule has 1 aliphatic rings. The second-order valence-corrected chi connectivity index (χ2v) is 11.3. The molecular weight excluding hydrogens is 561 g/mol. The minimum Gasteiger partial charge on any atom is -0.481 e. The number of piperazine rings is 1. The van der Waals surface area contributed by atoms with E-state index in [1.165, 1.54) is 27.3 Å². The van der Waals surface area contributed by atoms with Crippen LogP contribution in [0, 0.1) is 5.82 Å². The molecule has 1 amide bonds. The van der Waals surface area contributed by atoms with E-state index < -0.39 is 21.7 Å². The van der Waals surface area contributed by atoms with Gasteiger partial charge in [0.15, 0.2) is 5.69 Å². The van der Waals surface area contributed by atoms with E-state index in [0.717, 1.165) is 18.7 Å². The number of aromatic nitrogens is 3. The first-order valence-corrected chi connectivity index (χ1v) is 14.4. The fourth-order valence-electron chi connectivity index (χ4n) is 4.64. The van der Waals surface area contributed by atoms with Crippen molar-refractivity contribution in [1.29, 1.82) is 0 Å². The molecule has 0 radical (unpaired) electrons. The Balaban J connectivity index is 1.45. The zero-order valence-electron chi connectivity index (χ0n) is 23.0. The van der Waals surface area contributed by atoms with Crippen molar-refractivity contribution in [2.24, 2.45) is 0 Å². The van der Waals surface area contributed by atoms with Crippen molar-refractivity contribution in [1.82, 2.24) is 23.8 Å². The predicted octanol–water partition coefficient (Wildman–Crippen LogP) is 2.67. The van der Waals surface area contributed by atoms with Gasteiger partial charge in [-0.15, -0.1) is 0 Å². The number of thioether (sulfide) groups is 1. The lowest BCUT2D eigenvalue weighted by Gasteiger charge is -2.32. The van der Waals surface area contributed by atoms with E-state index in [0.29, 0.717) is 36.7 Å². The number of benzene rings is 2. The van der Waals surface area contributed by atoms with E-state index in [1.807, 2.05) is 37.4 Å². The maximum absolute atomic E-state index is 13.6. The van der Waals surface area contributed by atoms with Crippen LogP contribution < -0.4 is 10.3 Å². The number of carbonyl (C=O) groups is 3. The van der Waals surface area contributed by atoms with E-state index in [4.69, 9.17) is 4.74 Å². The minimum absolute atomic E-state index is 0.0179. The van der Waals surface area contributed by atoms with Crippen LogP contribution in [-0.4, -0.2) is 79.5 Å². The van der Waals surface area contributed by atoms with Crippen molar-refractivity contribution in [2.45, 2.75) is 24.8 Å². The summed E-state index contributed by atoms with van der Waals surface area (Å²) in [6.07, 6.45) is 3.88. The molecule has 218 valence electrons. The number of rotatable bonds is 10. The number of nitrogens with zero attached hydrogens (tertiary/aromatic N) is 5. The molecule has 0 saturated carbocycles. The Bertz CT molecular complexity index is 1630. The van der Waals surface area contributed by atoms with E-state index in [9.17, 15) is 23.6 Å². The highest BCUT2D eigenvalue weighted by Crippen LogP contribution is 2.25. The van der Waals surface area contributed by atoms with Gasteiger partial charge in [0.05, 0.1) is 5.25 Å². The molecule has 3 heterocycles. The summed E-state index contributed by atoms with van der Waals surface area (Å²) in [5, 5.41) is -1.44. The fraction of sp³-hybridized carbons (Fsp3) is 0.300. The van der Waals surface area contributed by atoms with Crippen LogP contribution in [0.25, 0.3) is 5.78 Å². The molecule has 1 saturated heterocycles. The predicted molar refractivity (Wildman–Crippen MR) is 156 cm³/mol. The third-order valence-electron chi connectivity index (χ3n) is 7.05. The Hall–Kier alpha value is -4.29. The molecule has 2 aromatic heterocycles. The molecule has 1 aliphatic heterocycles. The van der Waals surface area contributed by atoms with Gasteiger partial charge >= 0.3 is 5.56 Å². The van der Waals surface area contributed by atoms with Gasteiger partial charge in [-0.3, -0.25) is 14.4 Å². The number of halogens is 1. The van der Waals surface area contributed by atoms with Crippen LogP contribution >= 0.6 is 11.8 Å². The molecule has 1 unspecified atom stereocenters. The second-order valence-electron chi connectivity index (χ2n) is 10.1. The first kappa shape index (κ1) is 29.2. The Morgan fingerprint density at radius 1 is 1.02 bits per heavy atom. The first-order valence-electron chi connectivity index (χ1n) is 13.5. The van der Waals surface area contributed by atoms with E-state index in [-0.39, 0.29) is 42.7 Å². The molecule has 10 nitrogen and oxygen atoms in total. The number of hydrogen-bond donors (Lipinski definition) is 0. The summed E-state index contributed by atoms with van der Waals surface area (Å²) in [6.45, 7) is 2.69. The first-order chi connectivity index (χ1) is 20.3. The van der Waals surface area contributed by atoms with Crippen LogP contribution in [-0.2, 0) is 29.2 Å². The van der Waals surface area contributed by atoms with Crippen LogP contribution in [0.3, 0.4) is 0 Å². The third kappa shape index (κ3) is 6.77. The number of fused-ring (bicyclic) bond motifs is 1. The molecule has 5 rings (SSSR count). The number of likely N-dealkylation sites (N-methyl/N-ethyl adjacent to an activating group) is 1. The van der Waals surface area contributed by atoms with Gasteiger partial charge < -0.3 is 23.9 Å². The van der Waals surface area contributed by atoms with Crippen LogP contribution in [0.4, 0.5) is 4.39 Å². The lowest BCUT2D eigenvalue weighted by Crippen LogP contribution is -2.48. The van der Waals surface area contributed by atoms with Gasteiger partial charge in [-0.1, -0.05) is 54.2 Å². The van der Waals surface area contributed by atoms with Crippen molar-refractivity contribution in [3.8, 4) is 5.75 Å². The zero-order valence-corrected chi connectivity index (χ0v) is 23.8. The van der Waals surface area contributed by atoms with Crippen molar-refractivity contribution in [3.63, 3.8) is 0 Å². The molecule has 1 fully saturated rings. The van der Waals surface area contributed by atoms with Gasteiger partial charge in [-0.2, -0.15) is 0 Å². The van der Waals surface area contributed by atoms with Gasteiger partial charge in [-0.25, -0.2) is 13.8 Å². The molecule has 2 aromatic carbocycles. The largest absolute Gasteiger partial charge is 0.481 e. The van der Waals surface area contributed by atoms with Crippen molar-refractivity contribution < 1.29 is 23.5 Å². The molecule has 42 heavy (non-hydrogen) atoms. The average molecular weight is 592 g/mol. The smallest absolute Gasteiger partial charge is 0.302 e. The Morgan fingerprint density at radius 2 is 1.74 bits per heavy atom. The van der Waals surface area contributed by atoms with Crippen molar-refractivity contribution in [2.75, 3.05) is 33.2 Å². The molecule has 0 bridgehead atoms. The highest BCUT2D eigenvalue weighted by molar-refractivity contribution is 8.15. The van der Waals surface area contributed by atoms with Gasteiger partial charge in [0, 0.05) is 38.6 Å². The van der Waals surface area contributed by atoms with E-state index >= 15 is 0 Å². The Labute approximate surface area is 245 Å². The number of aldehydes is 1. The summed E-state index contributed by atoms with van der Waals surface area (Å²) in [7, 11) is 2.00. The SMILES string of the molecule is CN1CCN(C(=O)Cn2ccn3c(=O)c(OCc4ccccc4)c(C(=O)SC(C=O)Cc4ccc(F)cc4)nc23)CC1. The van der Waals surface area contributed by atoms with Crippen molar-refractivity contribution in [3.05, 3.63) is 100.0 Å². The summed E-state index contributed by atoms with van der Waals surface area (Å²) in [5.41, 5.74) is 0.616. The van der Waals surface area contributed by atoms with Crippen LogP contribution in [0.1, 0.15) is 21.6 Å². The third-order valence-corrected chi connectivity index (χ3v) is 8.04. The zero-order chi connectivity index (χ0) is 29.6. The normalized spacial score (nSPS) is 14.6. The number of ether oxygens (including phenoxy) is 1. The average Bonchev–Trinajstić information content (AvgIpc) is 3.40. The molecule has 4 aromatic rings. The van der Waals surface area contributed by atoms with Gasteiger partial charge in [0.2, 0.25) is 22.5 Å². The standard InChI is InChI=1S/C30H30FN5O5S/c1-33-11-13-34(14-12-33)25(38)18-35-15-16-36-28(39)27(41-20-22-5-3-2-4-6-22)26(32-30(35)36)29(40)42-24(19-37)17-21-7-9-23(31)10-8-21/h2-10,15-16,19,24H,11-14,17-18,20H2,1H3. The molecule has 1 atom stereocenters. The maximum Gasteiger partial charge on any atom is 0.302 e. The quantitative estimate of drug-likeness (QED) is 0.259. The summed E-state index contributed by atoms with van der Waals surface area (Å²) < 4.78 is 22.0. The highest BCUT2D eigenvalue weighted by atomic mass is 32.2. The topological polar surface area (TPSA) is 106 Å². The summed E-state index contributed by atoms with van der Waals surface area (Å²) in [4.78, 5) is 60.6. The molecule has 12 heteroatoms. The lowest BCUT2D eigenvalue weighted by molar-refractivity contribution is -0.133. The molecule has 0 aliphatic carbocycles. The van der Waals surface area contributed by atoms with Crippen LogP contribution in [0.2, 0.25) is 0 Å². The number of amides is 1. The van der Waals surface area contributed by atoms with Crippen molar-refractivity contribution >= 4 is 34.8 Å². The van der Waals surface area contributed by atoms with E-state index in [2.05, 4.69) is 9.88 Å². The number of hydrogen-bond acceptors (Lipinski definition) is 8. The maximum atomic E-state index is 13.6. The number of carbonyl (C=O) groups excluding carboxylic acids is 3.